The summed E-state index contributed by atoms with van der Waals surface area (Å²) in [6.45, 7) is 0. The van der Waals surface area contributed by atoms with E-state index in [1.807, 2.05) is 0 Å². The van der Waals surface area contributed by atoms with E-state index in [-0.39, 0.29) is 0 Å². The summed E-state index contributed by atoms with van der Waals surface area (Å²) in [6, 6.07) is 37.4. The van der Waals surface area contributed by atoms with E-state index in [0.717, 1.165) is 19.3 Å². The maximum absolute atomic E-state index is 2.47. The van der Waals surface area contributed by atoms with Gasteiger partial charge in [-0.15, -0.1) is 0 Å². The van der Waals surface area contributed by atoms with Crippen molar-refractivity contribution in [3.05, 3.63) is 162 Å². The first kappa shape index (κ1) is 24.7. The summed E-state index contributed by atoms with van der Waals surface area (Å²) in [5, 5.41) is 0. The number of rotatable bonds is 7. The molecule has 2 aliphatic rings. The zero-order valence-corrected chi connectivity index (χ0v) is 22.2. The van der Waals surface area contributed by atoms with Gasteiger partial charge >= 0.3 is 0 Å². The van der Waals surface area contributed by atoms with Crippen LogP contribution in [0.4, 0.5) is 5.69 Å². The van der Waals surface area contributed by atoms with Gasteiger partial charge < -0.3 is 4.90 Å². The predicted molar refractivity (Wildman–Crippen MR) is 168 cm³/mol. The normalized spacial score (nSPS) is 16.4. The quantitative estimate of drug-likeness (QED) is 0.227. The molecule has 0 bridgehead atoms. The van der Waals surface area contributed by atoms with Gasteiger partial charge in [0.25, 0.3) is 0 Å². The molecule has 0 heterocycles. The Morgan fingerprint density at radius 3 is 1.72 bits per heavy atom. The molecule has 0 aliphatic heterocycles. The maximum atomic E-state index is 2.47. The molecule has 4 aromatic rings. The SMILES string of the molecule is C1=CCC(N(C2=CCCC=C2)c2ccc(/C=C/c3ccc(-c4ccc(-c5ccccc5)cc4)cc3)cc2)C=C1. The molecule has 1 unspecified atom stereocenters. The molecule has 39 heavy (non-hydrogen) atoms. The summed E-state index contributed by atoms with van der Waals surface area (Å²) in [5.74, 6) is 0. The fourth-order valence-electron chi connectivity index (χ4n) is 5.28. The fourth-order valence-corrected chi connectivity index (χ4v) is 5.28. The van der Waals surface area contributed by atoms with Gasteiger partial charge in [-0.1, -0.05) is 140 Å². The van der Waals surface area contributed by atoms with Crippen molar-refractivity contribution in [1.29, 1.82) is 0 Å². The zero-order valence-electron chi connectivity index (χ0n) is 22.2. The van der Waals surface area contributed by atoms with Crippen LogP contribution in [0.2, 0.25) is 0 Å². The molecule has 6 rings (SSSR count). The second-order valence-corrected chi connectivity index (χ2v) is 10.1. The highest BCUT2D eigenvalue weighted by molar-refractivity contribution is 5.74. The maximum Gasteiger partial charge on any atom is 0.0559 e. The second kappa shape index (κ2) is 11.8. The number of hydrogen-bond acceptors (Lipinski definition) is 1. The van der Waals surface area contributed by atoms with Crippen molar-refractivity contribution in [2.24, 2.45) is 0 Å². The van der Waals surface area contributed by atoms with E-state index in [0.29, 0.717) is 6.04 Å². The van der Waals surface area contributed by atoms with Gasteiger partial charge in [-0.05, 0) is 70.9 Å². The Labute approximate surface area is 232 Å². The number of benzene rings is 4. The summed E-state index contributed by atoms with van der Waals surface area (Å²) in [4.78, 5) is 2.47. The van der Waals surface area contributed by atoms with Gasteiger partial charge in [0, 0.05) is 11.4 Å². The molecule has 0 saturated heterocycles. The Balaban J connectivity index is 1.14. The van der Waals surface area contributed by atoms with Gasteiger partial charge in [0.2, 0.25) is 0 Å². The lowest BCUT2D eigenvalue weighted by molar-refractivity contribution is 0.755. The van der Waals surface area contributed by atoms with Gasteiger partial charge in [0.1, 0.15) is 0 Å². The molecule has 0 fully saturated rings. The average Bonchev–Trinajstić information content (AvgIpc) is 3.03. The van der Waals surface area contributed by atoms with Gasteiger partial charge in [-0.2, -0.15) is 0 Å². The fraction of sp³-hybridized carbons (Fsp3) is 0.105. The third kappa shape index (κ3) is 5.94. The minimum atomic E-state index is 0.346. The van der Waals surface area contributed by atoms with Crippen LogP contribution >= 0.6 is 0 Å². The largest absolute Gasteiger partial charge is 0.335 e. The summed E-state index contributed by atoms with van der Waals surface area (Å²) in [5.41, 5.74) is 9.88. The third-order valence-corrected chi connectivity index (χ3v) is 7.42. The van der Waals surface area contributed by atoms with Gasteiger partial charge in [0.05, 0.1) is 6.04 Å². The van der Waals surface area contributed by atoms with Crippen LogP contribution in [0, 0.1) is 0 Å². The Kier molecular flexibility index (Phi) is 7.50. The number of nitrogens with zero attached hydrogens (tertiary/aromatic N) is 1. The molecule has 0 radical (unpaired) electrons. The molecule has 190 valence electrons. The zero-order chi connectivity index (χ0) is 26.3. The first-order chi connectivity index (χ1) is 19.3. The van der Waals surface area contributed by atoms with E-state index in [2.05, 4.69) is 163 Å². The Morgan fingerprint density at radius 2 is 1.15 bits per heavy atom. The van der Waals surface area contributed by atoms with Crippen molar-refractivity contribution in [1.82, 2.24) is 0 Å². The Hall–Kier alpha value is -4.62. The molecule has 1 nitrogen and oxygen atoms in total. The lowest BCUT2D eigenvalue weighted by atomic mass is 9.99. The summed E-state index contributed by atoms with van der Waals surface area (Å²) in [6.07, 6.45) is 23.4. The Morgan fingerprint density at radius 1 is 0.564 bits per heavy atom. The van der Waals surface area contributed by atoms with Crippen LogP contribution in [0.25, 0.3) is 34.4 Å². The molecule has 4 aromatic carbocycles. The molecule has 0 amide bonds. The van der Waals surface area contributed by atoms with Crippen molar-refractivity contribution in [2.45, 2.75) is 25.3 Å². The van der Waals surface area contributed by atoms with Crippen LogP contribution in [0.3, 0.4) is 0 Å². The predicted octanol–water partition coefficient (Wildman–Crippen LogP) is 10.1. The standard InChI is InChI=1S/C38H33N/c1-4-10-32(11-5-1)34-24-26-35(27-25-34)33-22-18-30(19-23-33)16-17-31-20-28-38(29-21-31)39(36-12-6-2-7-13-36)37-14-8-3-9-15-37/h1-2,4-8,10-12,14-29,36H,3,9,13H2/b17-16+. The van der Waals surface area contributed by atoms with Crippen molar-refractivity contribution in [3.8, 4) is 22.3 Å². The third-order valence-electron chi connectivity index (χ3n) is 7.42. The number of hydrogen-bond donors (Lipinski definition) is 0. The van der Waals surface area contributed by atoms with Gasteiger partial charge in [-0.3, -0.25) is 0 Å². The smallest absolute Gasteiger partial charge is 0.0559 e. The van der Waals surface area contributed by atoms with E-state index in [1.165, 1.54) is 44.8 Å². The molecule has 0 N–H and O–H groups in total. The van der Waals surface area contributed by atoms with E-state index in [4.69, 9.17) is 0 Å². The molecular formula is C38H33N. The molecule has 0 spiro atoms. The first-order valence-electron chi connectivity index (χ1n) is 13.9. The van der Waals surface area contributed by atoms with Crippen LogP contribution in [0.1, 0.15) is 30.4 Å². The Bertz CT molecular complexity index is 1530. The monoisotopic (exact) mass is 503 g/mol. The van der Waals surface area contributed by atoms with Crippen LogP contribution < -0.4 is 4.90 Å². The summed E-state index contributed by atoms with van der Waals surface area (Å²) >= 11 is 0. The highest BCUT2D eigenvalue weighted by Crippen LogP contribution is 2.30. The molecule has 1 atom stereocenters. The van der Waals surface area contributed by atoms with Crippen LogP contribution in [0.15, 0.2) is 151 Å². The van der Waals surface area contributed by atoms with E-state index < -0.39 is 0 Å². The highest BCUT2D eigenvalue weighted by Gasteiger charge is 2.20. The van der Waals surface area contributed by atoms with Gasteiger partial charge in [-0.25, -0.2) is 0 Å². The number of allylic oxidation sites excluding steroid dienone is 5. The van der Waals surface area contributed by atoms with E-state index in [9.17, 15) is 0 Å². The molecule has 0 aromatic heterocycles. The molecule has 1 heteroatoms. The number of anilines is 1. The van der Waals surface area contributed by atoms with Crippen molar-refractivity contribution in [2.75, 3.05) is 4.90 Å². The first-order valence-corrected chi connectivity index (χ1v) is 13.9. The molecule has 2 aliphatic carbocycles. The summed E-state index contributed by atoms with van der Waals surface area (Å²) < 4.78 is 0. The van der Waals surface area contributed by atoms with E-state index >= 15 is 0 Å². The highest BCUT2D eigenvalue weighted by atomic mass is 15.2. The van der Waals surface area contributed by atoms with Gasteiger partial charge in [0.15, 0.2) is 0 Å². The van der Waals surface area contributed by atoms with E-state index in [1.54, 1.807) is 0 Å². The average molecular weight is 504 g/mol. The second-order valence-electron chi connectivity index (χ2n) is 10.1. The minimum Gasteiger partial charge on any atom is -0.335 e. The van der Waals surface area contributed by atoms with Crippen molar-refractivity contribution < 1.29 is 0 Å². The van der Waals surface area contributed by atoms with Crippen LogP contribution in [-0.2, 0) is 0 Å². The molecule has 0 saturated carbocycles. The molecular weight excluding hydrogens is 470 g/mol. The van der Waals surface area contributed by atoms with Crippen molar-refractivity contribution in [3.63, 3.8) is 0 Å². The van der Waals surface area contributed by atoms with Crippen molar-refractivity contribution >= 4 is 17.8 Å². The lowest BCUT2D eigenvalue weighted by Gasteiger charge is -2.34. The van der Waals surface area contributed by atoms with Crippen LogP contribution in [0.5, 0.6) is 0 Å². The van der Waals surface area contributed by atoms with Crippen LogP contribution in [-0.4, -0.2) is 6.04 Å². The minimum absolute atomic E-state index is 0.346. The topological polar surface area (TPSA) is 3.24 Å². The summed E-state index contributed by atoms with van der Waals surface area (Å²) in [7, 11) is 0. The lowest BCUT2D eigenvalue weighted by Crippen LogP contribution is -2.33.